The standard InChI is InChI=1S/C6H10N2O2/c9-8(10)6-5-7-3-1-2-4-7/h5-6H,1-4H2. The van der Waals surface area contributed by atoms with E-state index in [2.05, 4.69) is 0 Å². The van der Waals surface area contributed by atoms with Crippen molar-refractivity contribution in [3.8, 4) is 0 Å². The number of nitro groups is 1. The van der Waals surface area contributed by atoms with Crippen LogP contribution >= 0.6 is 0 Å². The molecule has 1 rings (SSSR count). The average molecular weight is 142 g/mol. The van der Waals surface area contributed by atoms with Crippen molar-refractivity contribution in [2.24, 2.45) is 0 Å². The van der Waals surface area contributed by atoms with E-state index < -0.39 is 4.92 Å². The first-order valence-corrected chi connectivity index (χ1v) is 3.35. The van der Waals surface area contributed by atoms with Crippen LogP contribution in [0.3, 0.4) is 0 Å². The Balaban J connectivity index is 2.29. The third-order valence-corrected chi connectivity index (χ3v) is 1.54. The summed E-state index contributed by atoms with van der Waals surface area (Å²) in [6, 6.07) is 0. The number of rotatable bonds is 2. The molecule has 1 aliphatic rings. The fourth-order valence-corrected chi connectivity index (χ4v) is 1.04. The van der Waals surface area contributed by atoms with Gasteiger partial charge in [-0.3, -0.25) is 10.1 Å². The molecule has 0 radical (unpaired) electrons. The van der Waals surface area contributed by atoms with Gasteiger partial charge in [-0.15, -0.1) is 0 Å². The molecule has 1 aliphatic heterocycles. The van der Waals surface area contributed by atoms with Gasteiger partial charge in [0.1, 0.15) is 0 Å². The number of likely N-dealkylation sites (tertiary alicyclic amines) is 1. The molecule has 0 unspecified atom stereocenters. The quantitative estimate of drug-likeness (QED) is 0.423. The zero-order chi connectivity index (χ0) is 7.40. The first-order valence-electron chi connectivity index (χ1n) is 3.35. The van der Waals surface area contributed by atoms with Gasteiger partial charge in [-0.05, 0) is 12.8 Å². The Labute approximate surface area is 59.3 Å². The monoisotopic (exact) mass is 142 g/mol. The van der Waals surface area contributed by atoms with E-state index in [0.29, 0.717) is 0 Å². The van der Waals surface area contributed by atoms with E-state index in [4.69, 9.17) is 0 Å². The SMILES string of the molecule is O=[N+]([O-])C=CN1CCCC1. The minimum absolute atomic E-state index is 0.432. The van der Waals surface area contributed by atoms with Crippen LogP contribution in [0.25, 0.3) is 0 Å². The molecule has 0 aromatic carbocycles. The van der Waals surface area contributed by atoms with Gasteiger partial charge >= 0.3 is 0 Å². The average Bonchev–Trinajstić information content (AvgIpc) is 2.34. The van der Waals surface area contributed by atoms with Gasteiger partial charge in [0.2, 0.25) is 6.20 Å². The van der Waals surface area contributed by atoms with E-state index in [9.17, 15) is 10.1 Å². The molecule has 0 atom stereocenters. The summed E-state index contributed by atoms with van der Waals surface area (Å²) in [6.07, 6.45) is 4.85. The van der Waals surface area contributed by atoms with Crippen LogP contribution in [0.4, 0.5) is 0 Å². The van der Waals surface area contributed by atoms with Gasteiger partial charge in [0.25, 0.3) is 0 Å². The van der Waals surface area contributed by atoms with E-state index >= 15 is 0 Å². The van der Waals surface area contributed by atoms with E-state index in [-0.39, 0.29) is 0 Å². The molecule has 4 nitrogen and oxygen atoms in total. The summed E-state index contributed by atoms with van der Waals surface area (Å²) in [6.45, 7) is 1.93. The van der Waals surface area contributed by atoms with E-state index in [0.717, 1.165) is 32.1 Å². The Morgan fingerprint density at radius 3 is 2.50 bits per heavy atom. The highest BCUT2D eigenvalue weighted by Crippen LogP contribution is 2.06. The van der Waals surface area contributed by atoms with Crippen molar-refractivity contribution >= 4 is 0 Å². The molecule has 0 N–H and O–H groups in total. The second-order valence-electron chi connectivity index (χ2n) is 2.33. The third kappa shape index (κ3) is 2.05. The Morgan fingerprint density at radius 2 is 2.00 bits per heavy atom. The summed E-state index contributed by atoms with van der Waals surface area (Å²) in [7, 11) is 0. The number of hydrogen-bond donors (Lipinski definition) is 0. The lowest BCUT2D eigenvalue weighted by atomic mass is 10.4. The summed E-state index contributed by atoms with van der Waals surface area (Å²) >= 11 is 0. The molecular formula is C6H10N2O2. The summed E-state index contributed by atoms with van der Waals surface area (Å²) in [5.74, 6) is 0. The van der Waals surface area contributed by atoms with Crippen molar-refractivity contribution in [2.45, 2.75) is 12.8 Å². The minimum atomic E-state index is -0.432. The molecule has 0 aliphatic carbocycles. The fourth-order valence-electron chi connectivity index (χ4n) is 1.04. The van der Waals surface area contributed by atoms with Crippen molar-refractivity contribution in [2.75, 3.05) is 13.1 Å². The third-order valence-electron chi connectivity index (χ3n) is 1.54. The second-order valence-corrected chi connectivity index (χ2v) is 2.33. The van der Waals surface area contributed by atoms with Crippen LogP contribution < -0.4 is 0 Å². The lowest BCUT2D eigenvalue weighted by Gasteiger charge is -2.06. The Morgan fingerprint density at radius 1 is 1.40 bits per heavy atom. The van der Waals surface area contributed by atoms with Gasteiger partial charge in [-0.25, -0.2) is 0 Å². The lowest BCUT2D eigenvalue weighted by Crippen LogP contribution is -2.10. The largest absolute Gasteiger partial charge is 0.372 e. The van der Waals surface area contributed by atoms with E-state index in [1.165, 1.54) is 0 Å². The first-order chi connectivity index (χ1) is 4.79. The van der Waals surface area contributed by atoms with Gasteiger partial charge in [-0.1, -0.05) is 0 Å². The fraction of sp³-hybridized carbons (Fsp3) is 0.667. The summed E-state index contributed by atoms with van der Waals surface area (Å²) in [5.41, 5.74) is 0. The molecule has 0 bridgehead atoms. The molecule has 0 aromatic heterocycles. The Kier molecular flexibility index (Phi) is 2.25. The van der Waals surface area contributed by atoms with Crippen LogP contribution in [-0.2, 0) is 0 Å². The Bertz CT molecular complexity index is 150. The highest BCUT2D eigenvalue weighted by atomic mass is 16.6. The van der Waals surface area contributed by atoms with Gasteiger partial charge in [0.15, 0.2) is 0 Å². The predicted molar refractivity (Wildman–Crippen MR) is 36.9 cm³/mol. The maximum atomic E-state index is 9.85. The highest BCUT2D eigenvalue weighted by molar-refractivity contribution is 4.78. The molecule has 0 amide bonds. The topological polar surface area (TPSA) is 46.4 Å². The van der Waals surface area contributed by atoms with E-state index in [1.54, 1.807) is 6.20 Å². The molecular weight excluding hydrogens is 132 g/mol. The number of hydrogen-bond acceptors (Lipinski definition) is 3. The minimum Gasteiger partial charge on any atom is -0.372 e. The van der Waals surface area contributed by atoms with Crippen molar-refractivity contribution in [3.63, 3.8) is 0 Å². The molecule has 10 heavy (non-hydrogen) atoms. The molecule has 4 heteroatoms. The van der Waals surface area contributed by atoms with Gasteiger partial charge < -0.3 is 4.90 Å². The lowest BCUT2D eigenvalue weighted by molar-refractivity contribution is -0.403. The van der Waals surface area contributed by atoms with E-state index in [1.807, 2.05) is 4.90 Å². The zero-order valence-corrected chi connectivity index (χ0v) is 5.69. The van der Waals surface area contributed by atoms with Crippen molar-refractivity contribution in [1.82, 2.24) is 4.90 Å². The number of nitrogens with zero attached hydrogens (tertiary/aromatic N) is 2. The Hall–Kier alpha value is -1.06. The second kappa shape index (κ2) is 3.20. The molecule has 0 saturated carbocycles. The summed E-state index contributed by atoms with van der Waals surface area (Å²) in [4.78, 5) is 11.4. The van der Waals surface area contributed by atoms with Crippen molar-refractivity contribution in [1.29, 1.82) is 0 Å². The highest BCUT2D eigenvalue weighted by Gasteiger charge is 2.06. The molecule has 1 heterocycles. The molecule has 1 fully saturated rings. The molecule has 56 valence electrons. The van der Waals surface area contributed by atoms with Crippen LogP contribution in [-0.4, -0.2) is 22.9 Å². The van der Waals surface area contributed by atoms with Crippen LogP contribution in [0, 0.1) is 10.1 Å². The maximum absolute atomic E-state index is 9.85. The van der Waals surface area contributed by atoms with Crippen LogP contribution in [0.15, 0.2) is 12.4 Å². The van der Waals surface area contributed by atoms with Crippen molar-refractivity contribution in [3.05, 3.63) is 22.5 Å². The summed E-state index contributed by atoms with van der Waals surface area (Å²) in [5, 5.41) is 9.85. The zero-order valence-electron chi connectivity index (χ0n) is 5.69. The van der Waals surface area contributed by atoms with Crippen molar-refractivity contribution < 1.29 is 4.92 Å². The van der Waals surface area contributed by atoms with Gasteiger partial charge in [-0.2, -0.15) is 0 Å². The first kappa shape index (κ1) is 7.05. The molecule has 1 saturated heterocycles. The van der Waals surface area contributed by atoms with Crippen LogP contribution in [0.5, 0.6) is 0 Å². The normalized spacial score (nSPS) is 18.6. The van der Waals surface area contributed by atoms with Crippen LogP contribution in [0.2, 0.25) is 0 Å². The van der Waals surface area contributed by atoms with Gasteiger partial charge in [0, 0.05) is 13.1 Å². The maximum Gasteiger partial charge on any atom is 0.250 e. The van der Waals surface area contributed by atoms with Crippen LogP contribution in [0.1, 0.15) is 12.8 Å². The summed E-state index contributed by atoms with van der Waals surface area (Å²) < 4.78 is 0. The molecule has 0 aromatic rings. The molecule has 0 spiro atoms. The predicted octanol–water partition coefficient (Wildman–Crippen LogP) is 0.830. The van der Waals surface area contributed by atoms with Gasteiger partial charge in [0.05, 0.1) is 11.1 Å². The smallest absolute Gasteiger partial charge is 0.250 e.